The van der Waals surface area contributed by atoms with E-state index in [4.69, 9.17) is 9.84 Å². The maximum absolute atomic E-state index is 12.7. The zero-order chi connectivity index (χ0) is 14.8. The number of rotatable bonds is 4. The van der Waals surface area contributed by atoms with Gasteiger partial charge in [0.25, 0.3) is 0 Å². The molecular weight excluding hydrogens is 278 g/mol. The van der Waals surface area contributed by atoms with E-state index in [1.807, 2.05) is 13.8 Å². The highest BCUT2D eigenvalue weighted by Crippen LogP contribution is 2.27. The molecule has 0 bridgehead atoms. The quantitative estimate of drug-likeness (QED) is 0.901. The van der Waals surface area contributed by atoms with Crippen LogP contribution in [0.3, 0.4) is 0 Å². The van der Waals surface area contributed by atoms with E-state index >= 15 is 0 Å². The number of aliphatic hydroxyl groups excluding tert-OH is 1. The minimum Gasteiger partial charge on any atom is -0.396 e. The molecule has 0 saturated carbocycles. The normalized spacial score (nSPS) is 19.9. The number of ether oxygens (including phenoxy) is 1. The Bertz CT molecular complexity index is 551. The third-order valence-corrected chi connectivity index (χ3v) is 5.61. The molecule has 0 amide bonds. The SMILES string of the molecule is CC1(C)COCCN1S(=O)(=O)c1ccc(CCO)cc1. The Labute approximate surface area is 120 Å². The minimum absolute atomic E-state index is 0.0581. The summed E-state index contributed by atoms with van der Waals surface area (Å²) in [4.78, 5) is 0.286. The maximum Gasteiger partial charge on any atom is 0.243 e. The van der Waals surface area contributed by atoms with Crippen molar-refractivity contribution in [1.82, 2.24) is 4.31 Å². The van der Waals surface area contributed by atoms with Crippen molar-refractivity contribution in [2.24, 2.45) is 0 Å². The molecule has 1 heterocycles. The van der Waals surface area contributed by atoms with Crippen molar-refractivity contribution in [1.29, 1.82) is 0 Å². The van der Waals surface area contributed by atoms with Crippen LogP contribution in [-0.2, 0) is 21.2 Å². The zero-order valence-electron chi connectivity index (χ0n) is 11.9. The van der Waals surface area contributed by atoms with Gasteiger partial charge in [0.15, 0.2) is 0 Å². The van der Waals surface area contributed by atoms with Gasteiger partial charge in [-0.1, -0.05) is 12.1 Å². The molecule has 5 nitrogen and oxygen atoms in total. The summed E-state index contributed by atoms with van der Waals surface area (Å²) in [5.74, 6) is 0. The van der Waals surface area contributed by atoms with Gasteiger partial charge in [-0.2, -0.15) is 4.31 Å². The van der Waals surface area contributed by atoms with E-state index < -0.39 is 15.6 Å². The second-order valence-electron chi connectivity index (χ2n) is 5.56. The molecule has 2 rings (SSSR count). The molecular formula is C14H21NO4S. The fourth-order valence-electron chi connectivity index (χ4n) is 2.37. The zero-order valence-corrected chi connectivity index (χ0v) is 12.7. The minimum atomic E-state index is -3.51. The first-order valence-electron chi connectivity index (χ1n) is 6.68. The van der Waals surface area contributed by atoms with Crippen LogP contribution in [0.2, 0.25) is 0 Å². The van der Waals surface area contributed by atoms with Crippen LogP contribution in [0.1, 0.15) is 19.4 Å². The Morgan fingerprint density at radius 3 is 2.50 bits per heavy atom. The Morgan fingerprint density at radius 2 is 1.95 bits per heavy atom. The second-order valence-corrected chi connectivity index (χ2v) is 7.42. The Balaban J connectivity index is 2.29. The van der Waals surface area contributed by atoms with Crippen molar-refractivity contribution in [2.75, 3.05) is 26.4 Å². The lowest BCUT2D eigenvalue weighted by atomic mass is 10.1. The predicted molar refractivity (Wildman–Crippen MR) is 76.0 cm³/mol. The highest BCUT2D eigenvalue weighted by atomic mass is 32.2. The Kier molecular flexibility index (Phi) is 4.49. The summed E-state index contributed by atoms with van der Waals surface area (Å²) in [6.45, 7) is 4.98. The van der Waals surface area contributed by atoms with Gasteiger partial charge in [-0.3, -0.25) is 0 Å². The lowest BCUT2D eigenvalue weighted by molar-refractivity contribution is -0.00770. The molecule has 1 aromatic rings. The van der Waals surface area contributed by atoms with Gasteiger partial charge in [-0.15, -0.1) is 0 Å². The van der Waals surface area contributed by atoms with Crippen LogP contribution in [-0.4, -0.2) is 49.7 Å². The maximum atomic E-state index is 12.7. The number of morpholine rings is 1. The van der Waals surface area contributed by atoms with Crippen LogP contribution < -0.4 is 0 Å². The molecule has 6 heteroatoms. The lowest BCUT2D eigenvalue weighted by Gasteiger charge is -2.40. The number of benzene rings is 1. The third-order valence-electron chi connectivity index (χ3n) is 3.48. The highest BCUT2D eigenvalue weighted by Gasteiger charge is 2.39. The second kappa shape index (κ2) is 5.81. The van der Waals surface area contributed by atoms with E-state index in [-0.39, 0.29) is 11.5 Å². The fraction of sp³-hybridized carbons (Fsp3) is 0.571. The molecule has 1 saturated heterocycles. The Morgan fingerprint density at radius 1 is 1.30 bits per heavy atom. The van der Waals surface area contributed by atoms with E-state index in [1.165, 1.54) is 4.31 Å². The lowest BCUT2D eigenvalue weighted by Crippen LogP contribution is -2.55. The van der Waals surface area contributed by atoms with E-state index in [2.05, 4.69) is 0 Å². The summed E-state index contributed by atoms with van der Waals surface area (Å²) < 4.78 is 32.3. The van der Waals surface area contributed by atoms with Gasteiger partial charge in [0, 0.05) is 13.2 Å². The van der Waals surface area contributed by atoms with E-state index in [1.54, 1.807) is 24.3 Å². The number of aliphatic hydroxyl groups is 1. The summed E-state index contributed by atoms with van der Waals surface area (Å²) in [7, 11) is -3.51. The van der Waals surface area contributed by atoms with Crippen molar-refractivity contribution < 1.29 is 18.3 Å². The van der Waals surface area contributed by atoms with Gasteiger partial charge >= 0.3 is 0 Å². The molecule has 1 aromatic carbocycles. The molecule has 20 heavy (non-hydrogen) atoms. The van der Waals surface area contributed by atoms with Crippen molar-refractivity contribution in [3.63, 3.8) is 0 Å². The number of sulfonamides is 1. The molecule has 112 valence electrons. The van der Waals surface area contributed by atoms with Gasteiger partial charge < -0.3 is 9.84 Å². The molecule has 0 spiro atoms. The highest BCUT2D eigenvalue weighted by molar-refractivity contribution is 7.89. The predicted octanol–water partition coefficient (Wildman–Crippen LogP) is 1.02. The Hall–Kier alpha value is -0.950. The van der Waals surface area contributed by atoms with Crippen molar-refractivity contribution >= 4 is 10.0 Å². The van der Waals surface area contributed by atoms with E-state index in [0.717, 1.165) is 5.56 Å². The first-order chi connectivity index (χ1) is 9.38. The molecule has 1 aliphatic rings. The average molecular weight is 299 g/mol. The molecule has 1 N–H and O–H groups in total. The molecule has 0 aromatic heterocycles. The summed E-state index contributed by atoms with van der Waals surface area (Å²) in [5, 5.41) is 8.88. The topological polar surface area (TPSA) is 66.8 Å². The van der Waals surface area contributed by atoms with Crippen LogP contribution in [0.25, 0.3) is 0 Å². The van der Waals surface area contributed by atoms with Crippen LogP contribution in [0.5, 0.6) is 0 Å². The molecule has 0 atom stereocenters. The van der Waals surface area contributed by atoms with Gasteiger partial charge in [0.2, 0.25) is 10.0 Å². The third kappa shape index (κ3) is 3.03. The van der Waals surface area contributed by atoms with Gasteiger partial charge in [0.05, 0.1) is 23.6 Å². The fourth-order valence-corrected chi connectivity index (χ4v) is 4.13. The van der Waals surface area contributed by atoms with Crippen LogP contribution in [0.4, 0.5) is 0 Å². The molecule has 0 aliphatic carbocycles. The average Bonchev–Trinajstić information content (AvgIpc) is 2.39. The molecule has 0 radical (unpaired) electrons. The molecule has 1 fully saturated rings. The van der Waals surface area contributed by atoms with Crippen molar-refractivity contribution in [3.05, 3.63) is 29.8 Å². The van der Waals surface area contributed by atoms with E-state index in [0.29, 0.717) is 26.2 Å². The molecule has 1 aliphatic heterocycles. The van der Waals surface area contributed by atoms with Gasteiger partial charge in [-0.25, -0.2) is 8.42 Å². The van der Waals surface area contributed by atoms with E-state index in [9.17, 15) is 8.42 Å². The summed E-state index contributed by atoms with van der Waals surface area (Å²) in [6, 6.07) is 6.70. The number of hydrogen-bond donors (Lipinski definition) is 1. The molecule has 0 unspecified atom stereocenters. The van der Waals surface area contributed by atoms with Crippen molar-refractivity contribution in [3.8, 4) is 0 Å². The first kappa shape index (κ1) is 15.4. The smallest absolute Gasteiger partial charge is 0.243 e. The summed E-state index contributed by atoms with van der Waals surface area (Å²) in [5.41, 5.74) is 0.383. The van der Waals surface area contributed by atoms with Gasteiger partial charge in [0.1, 0.15) is 0 Å². The largest absolute Gasteiger partial charge is 0.396 e. The number of nitrogens with zero attached hydrogens (tertiary/aromatic N) is 1. The standard InChI is InChI=1S/C14H21NO4S/c1-14(2)11-19-10-8-15(14)20(17,18)13-5-3-12(4-6-13)7-9-16/h3-6,16H,7-11H2,1-2H3. The first-order valence-corrected chi connectivity index (χ1v) is 8.12. The van der Waals surface area contributed by atoms with Crippen LogP contribution >= 0.6 is 0 Å². The van der Waals surface area contributed by atoms with Crippen molar-refractivity contribution in [2.45, 2.75) is 30.7 Å². The van der Waals surface area contributed by atoms with Gasteiger partial charge in [-0.05, 0) is 38.0 Å². The van der Waals surface area contributed by atoms with Crippen LogP contribution in [0.15, 0.2) is 29.2 Å². The monoisotopic (exact) mass is 299 g/mol. The van der Waals surface area contributed by atoms with Crippen LogP contribution in [0, 0.1) is 0 Å². The number of hydrogen-bond acceptors (Lipinski definition) is 4. The summed E-state index contributed by atoms with van der Waals surface area (Å²) in [6.07, 6.45) is 0.531. The summed E-state index contributed by atoms with van der Waals surface area (Å²) >= 11 is 0.